The summed E-state index contributed by atoms with van der Waals surface area (Å²) in [7, 11) is 0. The highest BCUT2D eigenvalue weighted by atomic mass is 79.9. The number of rotatable bonds is 3. The van der Waals surface area contributed by atoms with Gasteiger partial charge in [-0.25, -0.2) is 4.79 Å². The molecule has 0 spiro atoms. The molecule has 0 saturated carbocycles. The number of benzene rings is 1. The van der Waals surface area contributed by atoms with Gasteiger partial charge in [0.25, 0.3) is 0 Å². The van der Waals surface area contributed by atoms with E-state index in [4.69, 9.17) is 5.11 Å². The minimum Gasteiger partial charge on any atom is -0.478 e. The molecule has 1 heterocycles. The number of hydrogen-bond acceptors (Lipinski definition) is 3. The zero-order valence-corrected chi connectivity index (χ0v) is 11.9. The molecule has 1 aromatic carbocycles. The monoisotopic (exact) mass is 326 g/mol. The van der Waals surface area contributed by atoms with E-state index in [9.17, 15) is 9.59 Å². The molecule has 2 rings (SSSR count). The lowest BCUT2D eigenvalue weighted by Gasteiger charge is -2.22. The van der Waals surface area contributed by atoms with Gasteiger partial charge in [-0.15, -0.1) is 0 Å². The van der Waals surface area contributed by atoms with Gasteiger partial charge in [0.15, 0.2) is 0 Å². The molecule has 1 saturated heterocycles. The Morgan fingerprint density at radius 3 is 2.79 bits per heavy atom. The number of nitrogens with one attached hydrogen (secondary N) is 2. The van der Waals surface area contributed by atoms with Gasteiger partial charge in [0.1, 0.15) is 0 Å². The molecule has 1 fully saturated rings. The molecule has 3 N–H and O–H groups in total. The molecule has 0 aromatic heterocycles. The minimum absolute atomic E-state index is 0.113. The van der Waals surface area contributed by atoms with Crippen molar-refractivity contribution in [3.05, 3.63) is 28.2 Å². The maximum atomic E-state index is 12.0. The number of anilines is 1. The standard InChI is InChI=1S/C13H15BrN2O3/c14-10-5-4-8(7-9(10)13(18)19)16-12(17)11-3-1-2-6-15-11/h4-5,7,11,15H,1-3,6H2,(H,16,17)(H,18,19)/t11-/m1/s1. The van der Waals surface area contributed by atoms with Crippen molar-refractivity contribution in [1.29, 1.82) is 0 Å². The summed E-state index contributed by atoms with van der Waals surface area (Å²) in [5.41, 5.74) is 0.632. The fourth-order valence-corrected chi connectivity index (χ4v) is 2.49. The molecular formula is C13H15BrN2O3. The minimum atomic E-state index is -1.03. The Morgan fingerprint density at radius 1 is 1.37 bits per heavy atom. The molecule has 1 amide bonds. The highest BCUT2D eigenvalue weighted by molar-refractivity contribution is 9.10. The van der Waals surface area contributed by atoms with Crippen molar-refractivity contribution in [3.63, 3.8) is 0 Å². The summed E-state index contributed by atoms with van der Waals surface area (Å²) in [6.45, 7) is 0.846. The number of piperidine rings is 1. The quantitative estimate of drug-likeness (QED) is 0.795. The molecule has 0 radical (unpaired) electrons. The van der Waals surface area contributed by atoms with E-state index >= 15 is 0 Å². The van der Waals surface area contributed by atoms with Gasteiger partial charge in [0, 0.05) is 10.2 Å². The second kappa shape index (κ2) is 6.16. The topological polar surface area (TPSA) is 78.4 Å². The van der Waals surface area contributed by atoms with E-state index in [-0.39, 0.29) is 17.5 Å². The van der Waals surface area contributed by atoms with Crippen LogP contribution in [0.5, 0.6) is 0 Å². The Hall–Kier alpha value is -1.40. The van der Waals surface area contributed by atoms with E-state index in [0.717, 1.165) is 25.8 Å². The van der Waals surface area contributed by atoms with Crippen LogP contribution >= 0.6 is 15.9 Å². The lowest BCUT2D eigenvalue weighted by molar-refractivity contribution is -0.118. The van der Waals surface area contributed by atoms with Gasteiger partial charge < -0.3 is 15.7 Å². The fraction of sp³-hybridized carbons (Fsp3) is 0.385. The van der Waals surface area contributed by atoms with Gasteiger partial charge in [-0.1, -0.05) is 6.42 Å². The van der Waals surface area contributed by atoms with Crippen molar-refractivity contribution in [1.82, 2.24) is 5.32 Å². The Bertz CT molecular complexity index is 499. The normalized spacial score (nSPS) is 18.9. The molecular weight excluding hydrogens is 312 g/mol. The van der Waals surface area contributed by atoms with Gasteiger partial charge in [-0.3, -0.25) is 4.79 Å². The summed E-state index contributed by atoms with van der Waals surface area (Å²) in [6.07, 6.45) is 2.94. The Labute approximate surface area is 119 Å². The lowest BCUT2D eigenvalue weighted by atomic mass is 10.0. The third kappa shape index (κ3) is 3.54. The third-order valence-electron chi connectivity index (χ3n) is 3.09. The maximum Gasteiger partial charge on any atom is 0.336 e. The van der Waals surface area contributed by atoms with Crippen LogP contribution in [0.4, 0.5) is 5.69 Å². The van der Waals surface area contributed by atoms with E-state index in [2.05, 4.69) is 26.6 Å². The zero-order chi connectivity index (χ0) is 13.8. The summed E-state index contributed by atoms with van der Waals surface area (Å²) in [5.74, 6) is -1.14. The Balaban J connectivity index is 2.08. The summed E-state index contributed by atoms with van der Waals surface area (Å²) < 4.78 is 0.494. The van der Waals surface area contributed by atoms with Crippen LogP contribution in [0.2, 0.25) is 0 Å². The molecule has 1 aliphatic heterocycles. The van der Waals surface area contributed by atoms with Crippen LogP contribution in [-0.4, -0.2) is 29.6 Å². The average molecular weight is 327 g/mol. The highest BCUT2D eigenvalue weighted by Gasteiger charge is 2.20. The molecule has 1 atom stereocenters. The van der Waals surface area contributed by atoms with Gasteiger partial charge >= 0.3 is 5.97 Å². The van der Waals surface area contributed by atoms with Crippen molar-refractivity contribution in [2.75, 3.05) is 11.9 Å². The molecule has 0 aliphatic carbocycles. The van der Waals surface area contributed by atoms with E-state index in [1.807, 2.05) is 0 Å². The van der Waals surface area contributed by atoms with Crippen molar-refractivity contribution < 1.29 is 14.7 Å². The Morgan fingerprint density at radius 2 is 2.16 bits per heavy atom. The first-order valence-corrected chi connectivity index (χ1v) is 6.94. The molecule has 102 valence electrons. The second-order valence-electron chi connectivity index (χ2n) is 4.49. The van der Waals surface area contributed by atoms with Crippen LogP contribution < -0.4 is 10.6 Å². The third-order valence-corrected chi connectivity index (χ3v) is 3.78. The summed E-state index contributed by atoms with van der Waals surface area (Å²) in [6, 6.07) is 4.56. The number of carbonyl (C=O) groups is 2. The van der Waals surface area contributed by atoms with Crippen LogP contribution in [0.15, 0.2) is 22.7 Å². The number of carbonyl (C=O) groups excluding carboxylic acids is 1. The molecule has 6 heteroatoms. The lowest BCUT2D eigenvalue weighted by Crippen LogP contribution is -2.43. The fourth-order valence-electron chi connectivity index (χ4n) is 2.07. The molecule has 1 aliphatic rings. The van der Waals surface area contributed by atoms with Crippen LogP contribution in [0.1, 0.15) is 29.6 Å². The van der Waals surface area contributed by atoms with Crippen molar-refractivity contribution >= 4 is 33.5 Å². The van der Waals surface area contributed by atoms with Gasteiger partial charge in [0.05, 0.1) is 11.6 Å². The molecule has 0 unspecified atom stereocenters. The molecule has 5 nitrogen and oxygen atoms in total. The number of carboxylic acids is 1. The smallest absolute Gasteiger partial charge is 0.336 e. The molecule has 1 aromatic rings. The highest BCUT2D eigenvalue weighted by Crippen LogP contribution is 2.21. The average Bonchev–Trinajstić information content (AvgIpc) is 2.41. The predicted molar refractivity (Wildman–Crippen MR) is 75.4 cm³/mol. The van der Waals surface area contributed by atoms with Gasteiger partial charge in [-0.05, 0) is 53.5 Å². The van der Waals surface area contributed by atoms with Gasteiger partial charge in [-0.2, -0.15) is 0 Å². The first-order valence-electron chi connectivity index (χ1n) is 6.15. The molecule has 0 bridgehead atoms. The molecule has 19 heavy (non-hydrogen) atoms. The van der Waals surface area contributed by atoms with E-state index in [1.165, 1.54) is 6.07 Å². The summed E-state index contributed by atoms with van der Waals surface area (Å²) in [5, 5.41) is 14.9. The Kier molecular flexibility index (Phi) is 4.55. The zero-order valence-electron chi connectivity index (χ0n) is 10.3. The maximum absolute atomic E-state index is 12.0. The largest absolute Gasteiger partial charge is 0.478 e. The SMILES string of the molecule is O=C(O)c1cc(NC(=O)[C@H]2CCCCN2)ccc1Br. The first kappa shape index (κ1) is 14.0. The van der Waals surface area contributed by atoms with E-state index in [1.54, 1.807) is 12.1 Å². The van der Waals surface area contributed by atoms with Crippen LogP contribution in [0, 0.1) is 0 Å². The number of amides is 1. The van der Waals surface area contributed by atoms with Crippen LogP contribution in [0.3, 0.4) is 0 Å². The van der Waals surface area contributed by atoms with Crippen LogP contribution in [-0.2, 0) is 4.79 Å². The number of aromatic carboxylic acids is 1. The first-order chi connectivity index (χ1) is 9.08. The summed E-state index contributed by atoms with van der Waals surface area (Å²) in [4.78, 5) is 23.0. The number of carboxylic acid groups (broad SMARTS) is 1. The van der Waals surface area contributed by atoms with E-state index < -0.39 is 5.97 Å². The van der Waals surface area contributed by atoms with Crippen molar-refractivity contribution in [2.45, 2.75) is 25.3 Å². The number of hydrogen-bond donors (Lipinski definition) is 3. The number of halogens is 1. The van der Waals surface area contributed by atoms with E-state index in [0.29, 0.717) is 10.2 Å². The second-order valence-corrected chi connectivity index (χ2v) is 5.35. The van der Waals surface area contributed by atoms with Gasteiger partial charge in [0.2, 0.25) is 5.91 Å². The van der Waals surface area contributed by atoms with Crippen molar-refractivity contribution in [3.8, 4) is 0 Å². The summed E-state index contributed by atoms with van der Waals surface area (Å²) >= 11 is 3.17. The predicted octanol–water partition coefficient (Wildman–Crippen LogP) is 2.23. The van der Waals surface area contributed by atoms with Crippen LogP contribution in [0.25, 0.3) is 0 Å². The van der Waals surface area contributed by atoms with Crippen molar-refractivity contribution in [2.24, 2.45) is 0 Å².